The molecule has 0 amide bonds. The molecule has 3 rings (SSSR count). The van der Waals surface area contributed by atoms with E-state index in [4.69, 9.17) is 15.2 Å². The number of aromatic nitrogens is 2. The second kappa shape index (κ2) is 7.01. The third-order valence-corrected chi connectivity index (χ3v) is 4.32. The van der Waals surface area contributed by atoms with Crippen LogP contribution in [0.25, 0.3) is 0 Å². The largest absolute Gasteiger partial charge is 0.465 e. The van der Waals surface area contributed by atoms with Crippen molar-refractivity contribution < 1.29 is 19.4 Å². The zero-order valence-corrected chi connectivity index (χ0v) is 14.4. The topological polar surface area (TPSA) is 117 Å². The van der Waals surface area contributed by atoms with Crippen LogP contribution in [0.2, 0.25) is 0 Å². The zero-order valence-electron chi connectivity index (χ0n) is 14.4. The van der Waals surface area contributed by atoms with E-state index in [0.29, 0.717) is 11.3 Å². The summed E-state index contributed by atoms with van der Waals surface area (Å²) in [6, 6.07) is 5.12. The van der Waals surface area contributed by atoms with Gasteiger partial charge in [0.2, 0.25) is 5.88 Å². The Kier molecular flexibility index (Phi) is 4.77. The fourth-order valence-electron chi connectivity index (χ4n) is 3.15. The quantitative estimate of drug-likeness (QED) is 0.761. The van der Waals surface area contributed by atoms with Crippen molar-refractivity contribution >= 4 is 5.97 Å². The van der Waals surface area contributed by atoms with Gasteiger partial charge in [-0.05, 0) is 18.6 Å². The molecular weight excluding hydrogens is 338 g/mol. The summed E-state index contributed by atoms with van der Waals surface area (Å²) in [5.41, 5.74) is 7.14. The summed E-state index contributed by atoms with van der Waals surface area (Å²) < 4.78 is 11.8. The maximum atomic E-state index is 13.1. The number of esters is 1. The predicted molar refractivity (Wildman–Crippen MR) is 92.5 cm³/mol. The van der Waals surface area contributed by atoms with Crippen LogP contribution in [0.15, 0.2) is 46.8 Å². The highest BCUT2D eigenvalue weighted by Gasteiger charge is 2.38. The highest BCUT2D eigenvalue weighted by molar-refractivity contribution is 5.92. The van der Waals surface area contributed by atoms with Crippen LogP contribution >= 0.6 is 0 Å². The van der Waals surface area contributed by atoms with Gasteiger partial charge in [-0.15, -0.1) is 0 Å². The summed E-state index contributed by atoms with van der Waals surface area (Å²) in [6.07, 6.45) is 3.15. The predicted octanol–water partition coefficient (Wildman–Crippen LogP) is 0.412. The average molecular weight is 357 g/mol. The lowest BCUT2D eigenvalue weighted by molar-refractivity contribution is -0.136. The molecule has 136 valence electrons. The molecule has 1 atom stereocenters. The summed E-state index contributed by atoms with van der Waals surface area (Å²) in [6.45, 7) is 1.67. The number of methoxy groups -OCH3 is 1. The number of nitrogens with zero attached hydrogens (tertiary/aromatic N) is 2. The number of ether oxygens (including phenoxy) is 2. The molecule has 26 heavy (non-hydrogen) atoms. The van der Waals surface area contributed by atoms with Crippen LogP contribution in [0.1, 0.15) is 22.7 Å². The number of fused-ring (bicyclic) bond motifs is 1. The van der Waals surface area contributed by atoms with E-state index in [9.17, 15) is 14.7 Å². The summed E-state index contributed by atoms with van der Waals surface area (Å²) in [5.74, 6) is -1.30. The molecule has 1 aliphatic heterocycles. The SMILES string of the molecule is COC(=O)C1=C(N)Oc2cc(C)n(CCO)c(=O)c2C1c1cccnc1. The first-order valence-electron chi connectivity index (χ1n) is 8.00. The van der Waals surface area contributed by atoms with Crippen molar-refractivity contribution in [2.75, 3.05) is 13.7 Å². The van der Waals surface area contributed by atoms with Crippen molar-refractivity contribution in [2.24, 2.45) is 5.73 Å². The lowest BCUT2D eigenvalue weighted by atomic mass is 9.84. The highest BCUT2D eigenvalue weighted by Crippen LogP contribution is 2.40. The minimum absolute atomic E-state index is 0.0458. The van der Waals surface area contributed by atoms with E-state index in [1.807, 2.05) is 0 Å². The molecule has 0 saturated heterocycles. The zero-order chi connectivity index (χ0) is 18.8. The Bertz CT molecular complexity index is 934. The second-order valence-electron chi connectivity index (χ2n) is 5.83. The number of aliphatic hydroxyl groups excluding tert-OH is 1. The van der Waals surface area contributed by atoms with Gasteiger partial charge < -0.3 is 24.9 Å². The summed E-state index contributed by atoms with van der Waals surface area (Å²) in [5, 5.41) is 9.27. The van der Waals surface area contributed by atoms with Gasteiger partial charge in [-0.3, -0.25) is 9.78 Å². The first kappa shape index (κ1) is 17.7. The lowest BCUT2D eigenvalue weighted by Gasteiger charge is -2.28. The summed E-state index contributed by atoms with van der Waals surface area (Å²) in [7, 11) is 1.23. The standard InChI is InChI=1S/C18H19N3O5/c1-10-8-12-14(17(23)21(10)6-7-22)13(11-4-3-5-20-9-11)15(16(19)26-12)18(24)25-2/h3-5,8-9,13,22H,6-7,19H2,1-2H3. The molecule has 0 saturated carbocycles. The molecule has 1 aliphatic rings. The van der Waals surface area contributed by atoms with Gasteiger partial charge in [-0.2, -0.15) is 0 Å². The third kappa shape index (κ3) is 2.84. The third-order valence-electron chi connectivity index (χ3n) is 4.32. The molecule has 8 nitrogen and oxygen atoms in total. The number of hydrogen-bond acceptors (Lipinski definition) is 7. The number of rotatable bonds is 4. The van der Waals surface area contributed by atoms with E-state index in [1.165, 1.54) is 11.7 Å². The van der Waals surface area contributed by atoms with Crippen molar-refractivity contribution in [1.29, 1.82) is 0 Å². The number of pyridine rings is 2. The van der Waals surface area contributed by atoms with Crippen LogP contribution in [0, 0.1) is 6.92 Å². The minimum Gasteiger partial charge on any atom is -0.465 e. The molecule has 0 radical (unpaired) electrons. The molecule has 0 spiro atoms. The van der Waals surface area contributed by atoms with Crippen LogP contribution in [-0.4, -0.2) is 34.3 Å². The number of hydrogen-bond donors (Lipinski definition) is 2. The normalized spacial score (nSPS) is 16.0. The molecule has 0 aliphatic carbocycles. The number of carbonyl (C=O) groups excluding carboxylic acids is 1. The minimum atomic E-state index is -0.780. The van der Waals surface area contributed by atoms with E-state index >= 15 is 0 Å². The highest BCUT2D eigenvalue weighted by atomic mass is 16.5. The Labute approximate surface area is 149 Å². The van der Waals surface area contributed by atoms with Crippen molar-refractivity contribution in [3.8, 4) is 5.75 Å². The van der Waals surface area contributed by atoms with Crippen LogP contribution < -0.4 is 16.0 Å². The van der Waals surface area contributed by atoms with Crippen molar-refractivity contribution in [3.05, 3.63) is 69.2 Å². The molecular formula is C18H19N3O5. The van der Waals surface area contributed by atoms with Crippen LogP contribution in [0.4, 0.5) is 0 Å². The summed E-state index contributed by atoms with van der Waals surface area (Å²) >= 11 is 0. The lowest BCUT2D eigenvalue weighted by Crippen LogP contribution is -2.35. The Morgan fingerprint density at radius 3 is 2.88 bits per heavy atom. The van der Waals surface area contributed by atoms with Gasteiger partial charge in [0, 0.05) is 30.7 Å². The smallest absolute Gasteiger partial charge is 0.340 e. The monoisotopic (exact) mass is 357 g/mol. The van der Waals surface area contributed by atoms with Gasteiger partial charge in [0.1, 0.15) is 11.3 Å². The fourth-order valence-corrected chi connectivity index (χ4v) is 3.15. The van der Waals surface area contributed by atoms with Crippen molar-refractivity contribution in [3.63, 3.8) is 0 Å². The number of aryl methyl sites for hydroxylation is 1. The molecule has 8 heteroatoms. The van der Waals surface area contributed by atoms with Gasteiger partial charge in [-0.25, -0.2) is 4.79 Å². The van der Waals surface area contributed by atoms with E-state index in [1.54, 1.807) is 37.5 Å². The van der Waals surface area contributed by atoms with E-state index in [0.717, 1.165) is 0 Å². The molecule has 3 heterocycles. The maximum absolute atomic E-state index is 13.1. The van der Waals surface area contributed by atoms with E-state index < -0.39 is 11.9 Å². The first-order chi connectivity index (χ1) is 12.5. The molecule has 1 unspecified atom stereocenters. The molecule has 0 bridgehead atoms. The van der Waals surface area contributed by atoms with E-state index in [2.05, 4.69) is 4.98 Å². The second-order valence-corrected chi connectivity index (χ2v) is 5.83. The van der Waals surface area contributed by atoms with Gasteiger partial charge in [-0.1, -0.05) is 6.07 Å². The van der Waals surface area contributed by atoms with Gasteiger partial charge in [0.25, 0.3) is 5.56 Å². The fraction of sp³-hybridized carbons (Fsp3) is 0.278. The Balaban J connectivity index is 2.32. The molecule has 2 aromatic heterocycles. The van der Waals surface area contributed by atoms with Gasteiger partial charge in [0.15, 0.2) is 0 Å². The van der Waals surface area contributed by atoms with Crippen molar-refractivity contribution in [1.82, 2.24) is 9.55 Å². The maximum Gasteiger partial charge on any atom is 0.340 e. The Hall–Kier alpha value is -3.13. The molecule has 0 aromatic carbocycles. The number of nitrogens with two attached hydrogens (primary N) is 1. The van der Waals surface area contributed by atoms with E-state index in [-0.39, 0.29) is 41.5 Å². The van der Waals surface area contributed by atoms with Gasteiger partial charge in [0.05, 0.1) is 25.2 Å². The number of carbonyl (C=O) groups is 1. The number of aliphatic hydroxyl groups is 1. The molecule has 0 fully saturated rings. The molecule has 2 aromatic rings. The van der Waals surface area contributed by atoms with Crippen molar-refractivity contribution in [2.45, 2.75) is 19.4 Å². The van der Waals surface area contributed by atoms with Gasteiger partial charge >= 0.3 is 5.97 Å². The van der Waals surface area contributed by atoms with Crippen LogP contribution in [0.5, 0.6) is 5.75 Å². The average Bonchev–Trinajstić information content (AvgIpc) is 2.64. The first-order valence-corrected chi connectivity index (χ1v) is 8.00. The van der Waals surface area contributed by atoms with Crippen LogP contribution in [-0.2, 0) is 16.1 Å². The Morgan fingerprint density at radius 1 is 1.50 bits per heavy atom. The molecule has 3 N–H and O–H groups in total. The van der Waals surface area contributed by atoms with Crippen LogP contribution in [0.3, 0.4) is 0 Å². The Morgan fingerprint density at radius 2 is 2.27 bits per heavy atom. The summed E-state index contributed by atoms with van der Waals surface area (Å²) in [4.78, 5) is 29.5.